The minimum absolute atomic E-state index is 0.0503. The number of carbonyl (C=O) groups is 2. The van der Waals surface area contributed by atoms with Crippen LogP contribution >= 0.6 is 11.8 Å². The van der Waals surface area contributed by atoms with Gasteiger partial charge in [0, 0.05) is 24.0 Å². The fourth-order valence-corrected chi connectivity index (χ4v) is 12.4. The van der Waals surface area contributed by atoms with Crippen LogP contribution in [0.25, 0.3) is 0 Å². The highest BCUT2D eigenvalue weighted by Crippen LogP contribution is 2.60. The number of nitrogens with one attached hydrogen (secondary N) is 3. The van der Waals surface area contributed by atoms with Crippen molar-refractivity contribution in [3.8, 4) is 0 Å². The van der Waals surface area contributed by atoms with Gasteiger partial charge in [0.1, 0.15) is 5.69 Å². The maximum Gasteiger partial charge on any atom is 0.315 e. The Hall–Kier alpha value is -2.75. The average Bonchev–Trinajstić information content (AvgIpc) is 4.03. The number of urea groups is 1. The Kier molecular flexibility index (Phi) is 19.3. The summed E-state index contributed by atoms with van der Waals surface area (Å²) in [4.78, 5) is 23.7. The number of rotatable bonds is 26. The summed E-state index contributed by atoms with van der Waals surface area (Å²) in [7, 11) is 0. The SMILES string of the molecule is C=C1CC[C@H](O)C/C1=C/C=C1\CCC[C@]2(C)[C@@H]([C@H](C)[C@@H](CCC(C)C)OCc3cn(CCOCCOCCOCCNC(=O)CCCC[C@H]4SC[C@H]5NC(=O)N[C@H]54)nn3)CC[C@@H]12. The number of aliphatic hydroxyl groups excluding tert-OH is 1. The number of ether oxygens (including phenoxy) is 4. The van der Waals surface area contributed by atoms with Gasteiger partial charge in [0.05, 0.1) is 83.3 Å². The molecule has 62 heavy (non-hydrogen) atoms. The van der Waals surface area contributed by atoms with E-state index in [0.29, 0.717) is 94.7 Å². The molecule has 3 heterocycles. The Balaban J connectivity index is 0.812. The normalized spacial score (nSPS) is 29.5. The molecule has 13 nitrogen and oxygen atoms in total. The summed E-state index contributed by atoms with van der Waals surface area (Å²) in [6.45, 7) is 18.3. The van der Waals surface area contributed by atoms with E-state index in [1.54, 1.807) is 5.57 Å². The fourth-order valence-electron chi connectivity index (χ4n) is 10.8. The van der Waals surface area contributed by atoms with Crippen LogP contribution in [0.15, 0.2) is 41.6 Å². The van der Waals surface area contributed by atoms with Crippen molar-refractivity contribution in [1.82, 2.24) is 30.9 Å². The minimum atomic E-state index is -0.240. The molecule has 9 atom stereocenters. The lowest BCUT2D eigenvalue weighted by atomic mass is 9.60. The lowest BCUT2D eigenvalue weighted by Crippen LogP contribution is -2.40. The van der Waals surface area contributed by atoms with Crippen LogP contribution in [-0.2, 0) is 36.9 Å². The molecule has 5 aliphatic rings. The average molecular weight is 883 g/mol. The molecule has 0 bridgehead atoms. The topological polar surface area (TPSA) is 158 Å². The van der Waals surface area contributed by atoms with E-state index in [4.69, 9.17) is 18.9 Å². The van der Waals surface area contributed by atoms with Gasteiger partial charge in [-0.1, -0.05) is 69.2 Å². The number of amides is 3. The Bertz CT molecular complexity index is 1650. The number of nitrogens with zero attached hydrogens (tertiary/aromatic N) is 3. The van der Waals surface area contributed by atoms with Gasteiger partial charge in [-0.2, -0.15) is 11.8 Å². The van der Waals surface area contributed by atoms with Crippen LogP contribution in [0.3, 0.4) is 0 Å². The highest BCUT2D eigenvalue weighted by atomic mass is 32.2. The van der Waals surface area contributed by atoms with Crippen LogP contribution in [0.2, 0.25) is 0 Å². The van der Waals surface area contributed by atoms with E-state index >= 15 is 0 Å². The summed E-state index contributed by atoms with van der Waals surface area (Å²) in [6.07, 6.45) is 20.7. The first kappa shape index (κ1) is 48.7. The first-order valence-electron chi connectivity index (χ1n) is 23.9. The van der Waals surface area contributed by atoms with Gasteiger partial charge < -0.3 is 40.0 Å². The molecule has 0 radical (unpaired) electrons. The molecule has 14 heteroatoms. The Labute approximate surface area is 375 Å². The van der Waals surface area contributed by atoms with Crippen molar-refractivity contribution in [1.29, 1.82) is 0 Å². The van der Waals surface area contributed by atoms with Crippen LogP contribution in [0.1, 0.15) is 123 Å². The van der Waals surface area contributed by atoms with Crippen molar-refractivity contribution in [3.63, 3.8) is 0 Å². The van der Waals surface area contributed by atoms with Crippen LogP contribution < -0.4 is 16.0 Å². The second kappa shape index (κ2) is 24.5. The third-order valence-electron chi connectivity index (χ3n) is 14.4. The van der Waals surface area contributed by atoms with E-state index in [1.807, 2.05) is 22.6 Å². The van der Waals surface area contributed by atoms with Gasteiger partial charge in [-0.25, -0.2) is 9.48 Å². The number of fused-ring (bicyclic) bond motifs is 2. The molecular weight excluding hydrogens is 805 g/mol. The molecule has 0 unspecified atom stereocenters. The summed E-state index contributed by atoms with van der Waals surface area (Å²) in [5.74, 6) is 3.29. The van der Waals surface area contributed by atoms with Gasteiger partial charge in [0.2, 0.25) is 5.91 Å². The number of hydrogen-bond acceptors (Lipinski definition) is 10. The number of unbranched alkanes of at least 4 members (excludes halogenated alkanes) is 1. The zero-order valence-electron chi connectivity index (χ0n) is 38.3. The minimum Gasteiger partial charge on any atom is -0.393 e. The van der Waals surface area contributed by atoms with E-state index in [-0.39, 0.29) is 41.6 Å². The van der Waals surface area contributed by atoms with Crippen LogP contribution in [0.5, 0.6) is 0 Å². The summed E-state index contributed by atoms with van der Waals surface area (Å²) in [6, 6.07) is 0.410. The molecule has 6 rings (SSSR count). The Morgan fingerprint density at radius 2 is 1.84 bits per heavy atom. The Morgan fingerprint density at radius 1 is 1.05 bits per heavy atom. The fraction of sp³-hybridized carbons (Fsp3) is 0.792. The molecule has 2 saturated heterocycles. The molecule has 3 amide bonds. The predicted molar refractivity (Wildman–Crippen MR) is 245 cm³/mol. The van der Waals surface area contributed by atoms with Gasteiger partial charge in [0.15, 0.2) is 0 Å². The Morgan fingerprint density at radius 3 is 2.65 bits per heavy atom. The molecule has 0 aromatic carbocycles. The standard InChI is InChI=1S/C48H78N6O7S/c1-33(2)12-19-43(35(4)40-17-18-41-36(9-8-20-48(40,41)5)14-15-37-29-39(55)16-13-34(37)3)61-31-38-30-54(53-52-38)22-24-59-26-28-60-27-25-58-23-21-49-45(56)11-7-6-10-44-46-42(32-62-44)50-47(57)51-46/h14-15,30,33,35,39-44,46,55H,3,6-13,16-29,31-32H2,1-2,4-5H3,(H,49,56)(H2,50,51,57)/b36-14+,37-15-/t35-,39-,40+,41-,42+,43+,44+,46+,48+/m0/s1. The second-order valence-corrected chi connectivity index (χ2v) is 20.5. The van der Waals surface area contributed by atoms with Crippen molar-refractivity contribution >= 4 is 23.7 Å². The van der Waals surface area contributed by atoms with Crippen molar-refractivity contribution in [2.45, 2.75) is 160 Å². The quantitative estimate of drug-likeness (QED) is 0.0550. The summed E-state index contributed by atoms with van der Waals surface area (Å²) in [5.41, 5.74) is 5.14. The van der Waals surface area contributed by atoms with E-state index in [1.165, 1.54) is 43.3 Å². The van der Waals surface area contributed by atoms with Crippen molar-refractivity contribution < 1.29 is 33.6 Å². The largest absolute Gasteiger partial charge is 0.393 e. The van der Waals surface area contributed by atoms with Crippen LogP contribution in [-0.4, -0.2) is 114 Å². The molecule has 3 saturated carbocycles. The molecule has 348 valence electrons. The van der Waals surface area contributed by atoms with Gasteiger partial charge in [-0.05, 0) is 112 Å². The van der Waals surface area contributed by atoms with Gasteiger partial charge in [0.25, 0.3) is 0 Å². The number of allylic oxidation sites excluding steroid dienone is 4. The second-order valence-electron chi connectivity index (χ2n) is 19.2. The molecule has 0 spiro atoms. The smallest absolute Gasteiger partial charge is 0.315 e. The van der Waals surface area contributed by atoms with Crippen LogP contribution in [0.4, 0.5) is 4.79 Å². The number of thioether (sulfide) groups is 1. The lowest BCUT2D eigenvalue weighted by Gasteiger charge is -2.45. The van der Waals surface area contributed by atoms with Gasteiger partial charge >= 0.3 is 6.03 Å². The maximum atomic E-state index is 12.2. The molecule has 2 aliphatic heterocycles. The van der Waals surface area contributed by atoms with E-state index in [0.717, 1.165) is 62.8 Å². The van der Waals surface area contributed by atoms with Gasteiger partial charge in [-0.15, -0.1) is 5.10 Å². The summed E-state index contributed by atoms with van der Waals surface area (Å²) in [5, 5.41) is 28.4. The third kappa shape index (κ3) is 14.1. The highest BCUT2D eigenvalue weighted by Gasteiger charge is 2.52. The zero-order chi connectivity index (χ0) is 43.9. The molecule has 4 N–H and O–H groups in total. The summed E-state index contributed by atoms with van der Waals surface area (Å²) < 4.78 is 25.6. The highest BCUT2D eigenvalue weighted by molar-refractivity contribution is 8.00. The number of carbonyl (C=O) groups excluding carboxylic acids is 2. The number of hydrogen-bond donors (Lipinski definition) is 4. The maximum absolute atomic E-state index is 12.2. The molecular formula is C48H78N6O7S. The van der Waals surface area contributed by atoms with Crippen molar-refractivity contribution in [2.75, 3.05) is 51.9 Å². The summed E-state index contributed by atoms with van der Waals surface area (Å²) >= 11 is 1.91. The number of aromatic nitrogens is 3. The van der Waals surface area contributed by atoms with Crippen LogP contribution in [0, 0.1) is 29.1 Å². The first-order valence-corrected chi connectivity index (χ1v) is 25.0. The van der Waals surface area contributed by atoms with E-state index in [9.17, 15) is 14.7 Å². The molecule has 1 aromatic rings. The molecule has 3 aliphatic carbocycles. The third-order valence-corrected chi connectivity index (χ3v) is 15.9. The monoisotopic (exact) mass is 883 g/mol. The van der Waals surface area contributed by atoms with E-state index in [2.05, 4.69) is 72.7 Å². The van der Waals surface area contributed by atoms with E-state index < -0.39 is 0 Å². The molecule has 5 fully saturated rings. The first-order chi connectivity index (χ1) is 30.0. The zero-order valence-corrected chi connectivity index (χ0v) is 39.1. The number of aliphatic hydroxyl groups is 1. The van der Waals surface area contributed by atoms with Crippen molar-refractivity contribution in [2.24, 2.45) is 29.1 Å². The predicted octanol–water partition coefficient (Wildman–Crippen LogP) is 7.30. The van der Waals surface area contributed by atoms with Crippen molar-refractivity contribution in [3.05, 3.63) is 47.3 Å². The van der Waals surface area contributed by atoms with Gasteiger partial charge in [-0.3, -0.25) is 4.79 Å². The lowest BCUT2D eigenvalue weighted by molar-refractivity contribution is -0.121. The molecule has 1 aromatic heterocycles.